The zero-order chi connectivity index (χ0) is 15.5. The molecule has 2 N–H and O–H groups in total. The first kappa shape index (κ1) is 15.3. The smallest absolute Gasteiger partial charge is 0.315 e. The van der Waals surface area contributed by atoms with E-state index in [0.29, 0.717) is 19.5 Å². The maximum Gasteiger partial charge on any atom is 0.315 e. The number of urea groups is 1. The van der Waals surface area contributed by atoms with Crippen LogP contribution in [-0.2, 0) is 11.3 Å². The lowest BCUT2D eigenvalue weighted by Gasteiger charge is -2.32. The van der Waals surface area contributed by atoms with Crippen LogP contribution in [0.25, 0.3) is 0 Å². The van der Waals surface area contributed by atoms with Gasteiger partial charge in [0.25, 0.3) is 0 Å². The van der Waals surface area contributed by atoms with Crippen molar-refractivity contribution in [2.75, 3.05) is 6.54 Å². The van der Waals surface area contributed by atoms with Crippen LogP contribution in [0.3, 0.4) is 0 Å². The van der Waals surface area contributed by atoms with Crippen LogP contribution >= 0.6 is 0 Å². The molecule has 1 saturated heterocycles. The first-order chi connectivity index (χ1) is 9.86. The van der Waals surface area contributed by atoms with Gasteiger partial charge in [0.1, 0.15) is 0 Å². The van der Waals surface area contributed by atoms with E-state index in [4.69, 9.17) is 0 Å². The Labute approximate surface area is 124 Å². The quantitative estimate of drug-likeness (QED) is 0.880. The van der Waals surface area contributed by atoms with Crippen LogP contribution in [0, 0.1) is 0 Å². The average molecular weight is 290 g/mol. The van der Waals surface area contributed by atoms with E-state index >= 15 is 0 Å². The highest BCUT2D eigenvalue weighted by Crippen LogP contribution is 2.21. The van der Waals surface area contributed by atoms with Gasteiger partial charge in [0.2, 0.25) is 5.91 Å². The van der Waals surface area contributed by atoms with Gasteiger partial charge >= 0.3 is 6.03 Å². The summed E-state index contributed by atoms with van der Waals surface area (Å²) in [5.74, 6) is 0.0834. The molecule has 114 valence electrons. The number of rotatable bonds is 3. The van der Waals surface area contributed by atoms with Gasteiger partial charge in [0, 0.05) is 37.4 Å². The molecule has 0 saturated carbocycles. The number of nitrogens with zero attached hydrogens (tertiary/aromatic N) is 2. The molecule has 2 rings (SSSR count). The maximum atomic E-state index is 11.9. The second-order valence-electron chi connectivity index (χ2n) is 6.26. The summed E-state index contributed by atoms with van der Waals surface area (Å²) in [6, 6.07) is 3.33. The lowest BCUT2D eigenvalue weighted by atomic mass is 10.1. The van der Waals surface area contributed by atoms with E-state index in [2.05, 4.69) is 15.6 Å². The number of carbonyl (C=O) groups is 2. The lowest BCUT2D eigenvalue weighted by molar-refractivity contribution is -0.131. The zero-order valence-corrected chi connectivity index (χ0v) is 12.7. The van der Waals surface area contributed by atoms with Crippen molar-refractivity contribution >= 4 is 11.9 Å². The normalized spacial score (nSPS) is 18.7. The third kappa shape index (κ3) is 4.18. The monoisotopic (exact) mass is 290 g/mol. The third-order valence-corrected chi connectivity index (χ3v) is 3.45. The number of hydrogen-bond acceptors (Lipinski definition) is 3. The highest BCUT2D eigenvalue weighted by atomic mass is 16.2. The summed E-state index contributed by atoms with van der Waals surface area (Å²) in [5.41, 5.74) is 0.728. The summed E-state index contributed by atoms with van der Waals surface area (Å²) in [4.78, 5) is 29.6. The van der Waals surface area contributed by atoms with Crippen molar-refractivity contribution in [3.8, 4) is 0 Å². The zero-order valence-electron chi connectivity index (χ0n) is 12.7. The number of amides is 3. The lowest BCUT2D eigenvalue weighted by Crippen LogP contribution is -2.46. The van der Waals surface area contributed by atoms with Crippen molar-refractivity contribution in [1.29, 1.82) is 0 Å². The molecule has 1 aromatic rings. The molecule has 1 aliphatic rings. The average Bonchev–Trinajstić information content (AvgIpc) is 2.78. The highest BCUT2D eigenvalue weighted by molar-refractivity contribution is 5.82. The van der Waals surface area contributed by atoms with E-state index in [1.54, 1.807) is 17.3 Å². The standard InChI is InChI=1S/C15H22N4O2/c1-15(2,3)19-10-12(7-13(19)20)18-14(21)17-9-11-5-4-6-16-8-11/h4-6,8,12H,7,9-10H2,1-3H3,(H2,17,18,21)/t12-/m1/s1. The molecule has 0 spiro atoms. The van der Waals surface area contributed by atoms with Gasteiger partial charge in [-0.1, -0.05) is 6.07 Å². The predicted octanol–water partition coefficient (Wildman–Crippen LogP) is 1.28. The highest BCUT2D eigenvalue weighted by Gasteiger charge is 2.36. The van der Waals surface area contributed by atoms with Gasteiger partial charge in [-0.15, -0.1) is 0 Å². The Hall–Kier alpha value is -2.11. The van der Waals surface area contributed by atoms with Crippen LogP contribution < -0.4 is 10.6 Å². The molecular weight excluding hydrogens is 268 g/mol. The Morgan fingerprint density at radius 1 is 1.48 bits per heavy atom. The van der Waals surface area contributed by atoms with E-state index in [1.807, 2.05) is 32.9 Å². The topological polar surface area (TPSA) is 74.3 Å². The van der Waals surface area contributed by atoms with Gasteiger partial charge in [-0.2, -0.15) is 0 Å². The molecule has 1 fully saturated rings. The van der Waals surface area contributed by atoms with E-state index in [0.717, 1.165) is 5.56 Å². The molecule has 1 atom stereocenters. The molecule has 21 heavy (non-hydrogen) atoms. The fourth-order valence-corrected chi connectivity index (χ4v) is 2.37. The minimum Gasteiger partial charge on any atom is -0.336 e. The summed E-state index contributed by atoms with van der Waals surface area (Å²) in [6.45, 7) is 6.97. The predicted molar refractivity (Wildman–Crippen MR) is 79.5 cm³/mol. The summed E-state index contributed by atoms with van der Waals surface area (Å²) in [6.07, 6.45) is 3.76. The van der Waals surface area contributed by atoms with Gasteiger partial charge in [-0.05, 0) is 32.4 Å². The van der Waals surface area contributed by atoms with Crippen molar-refractivity contribution in [1.82, 2.24) is 20.5 Å². The van der Waals surface area contributed by atoms with Gasteiger partial charge in [-0.3, -0.25) is 9.78 Å². The first-order valence-electron chi connectivity index (χ1n) is 7.10. The molecule has 0 aliphatic carbocycles. The van der Waals surface area contributed by atoms with Crippen molar-refractivity contribution in [3.05, 3.63) is 30.1 Å². The van der Waals surface area contributed by atoms with E-state index in [9.17, 15) is 9.59 Å². The van der Waals surface area contributed by atoms with Gasteiger partial charge in [0.05, 0.1) is 6.04 Å². The second-order valence-corrected chi connectivity index (χ2v) is 6.26. The summed E-state index contributed by atoms with van der Waals surface area (Å²) in [7, 11) is 0. The number of nitrogens with one attached hydrogen (secondary N) is 2. The number of carbonyl (C=O) groups excluding carboxylic acids is 2. The third-order valence-electron chi connectivity index (χ3n) is 3.45. The Bertz CT molecular complexity index is 510. The van der Waals surface area contributed by atoms with Crippen LogP contribution in [0.4, 0.5) is 4.79 Å². The first-order valence-corrected chi connectivity index (χ1v) is 7.10. The Morgan fingerprint density at radius 2 is 2.24 bits per heavy atom. The molecule has 0 radical (unpaired) electrons. The molecule has 0 aromatic carbocycles. The molecule has 1 aromatic heterocycles. The molecule has 0 bridgehead atoms. The minimum absolute atomic E-state index is 0.0834. The number of likely N-dealkylation sites (tertiary alicyclic amines) is 1. The van der Waals surface area contributed by atoms with Gasteiger partial charge in [0.15, 0.2) is 0 Å². The van der Waals surface area contributed by atoms with Gasteiger partial charge < -0.3 is 15.5 Å². The van der Waals surface area contributed by atoms with Crippen molar-refractivity contribution in [2.24, 2.45) is 0 Å². The van der Waals surface area contributed by atoms with Crippen LogP contribution in [0.2, 0.25) is 0 Å². The van der Waals surface area contributed by atoms with E-state index in [1.165, 1.54) is 0 Å². The summed E-state index contributed by atoms with van der Waals surface area (Å²) >= 11 is 0. The molecule has 6 nitrogen and oxygen atoms in total. The Morgan fingerprint density at radius 3 is 2.81 bits per heavy atom. The van der Waals surface area contributed by atoms with Crippen LogP contribution in [0.1, 0.15) is 32.8 Å². The van der Waals surface area contributed by atoms with E-state index in [-0.39, 0.29) is 23.5 Å². The molecule has 2 heterocycles. The number of aromatic nitrogens is 1. The Balaban J connectivity index is 1.80. The minimum atomic E-state index is -0.257. The SMILES string of the molecule is CC(C)(C)N1C[C@H](NC(=O)NCc2cccnc2)CC1=O. The summed E-state index contributed by atoms with van der Waals surface area (Å²) in [5, 5.41) is 5.62. The fraction of sp³-hybridized carbons (Fsp3) is 0.533. The molecular formula is C15H22N4O2. The molecule has 3 amide bonds. The van der Waals surface area contributed by atoms with Crippen molar-refractivity contribution in [2.45, 2.75) is 45.3 Å². The van der Waals surface area contributed by atoms with E-state index < -0.39 is 0 Å². The Kier molecular flexibility index (Phi) is 4.45. The van der Waals surface area contributed by atoms with Crippen LogP contribution in [-0.4, -0.2) is 39.9 Å². The largest absolute Gasteiger partial charge is 0.336 e. The van der Waals surface area contributed by atoms with Crippen molar-refractivity contribution in [3.63, 3.8) is 0 Å². The second kappa shape index (κ2) is 6.11. The van der Waals surface area contributed by atoms with Crippen LogP contribution in [0.5, 0.6) is 0 Å². The number of pyridine rings is 1. The maximum absolute atomic E-state index is 11.9. The van der Waals surface area contributed by atoms with Gasteiger partial charge in [-0.25, -0.2) is 4.79 Å². The van der Waals surface area contributed by atoms with Crippen molar-refractivity contribution < 1.29 is 9.59 Å². The number of hydrogen-bond donors (Lipinski definition) is 2. The van der Waals surface area contributed by atoms with Crippen LogP contribution in [0.15, 0.2) is 24.5 Å². The molecule has 0 unspecified atom stereocenters. The molecule has 6 heteroatoms. The molecule has 1 aliphatic heterocycles. The fourth-order valence-electron chi connectivity index (χ4n) is 2.37. The summed E-state index contributed by atoms with van der Waals surface area (Å²) < 4.78 is 0.